The Balaban J connectivity index is 1.13. The van der Waals surface area contributed by atoms with Gasteiger partial charge in [-0.3, -0.25) is 14.4 Å². The van der Waals surface area contributed by atoms with E-state index in [4.69, 9.17) is 128 Å². The first kappa shape index (κ1) is 119. The number of carboxylic acid groups (broad SMARTS) is 1. The number of alkyl carbamates (subject to hydrolysis) is 3. The Hall–Kier alpha value is -6.83. The number of carbonyl (C=O) groups excluding carboxylic acids is 6. The van der Waals surface area contributed by atoms with Gasteiger partial charge in [-0.05, 0) is 102 Å². The normalized spacial score (nSPS) is 12.5. The van der Waals surface area contributed by atoms with E-state index in [9.17, 15) is 38.7 Å². The van der Waals surface area contributed by atoms with Crippen LogP contribution >= 0.6 is 0 Å². The van der Waals surface area contributed by atoms with Gasteiger partial charge in [0.2, 0.25) is 17.7 Å². The molecule has 0 bridgehead atoms. The maximum absolute atomic E-state index is 13.6. The Morgan fingerprint density at radius 2 is 0.530 bits per heavy atom. The van der Waals surface area contributed by atoms with Crippen LogP contribution < -0.4 is 31.9 Å². The van der Waals surface area contributed by atoms with E-state index in [-0.39, 0.29) is 77.1 Å². The van der Waals surface area contributed by atoms with Crippen molar-refractivity contribution >= 4 is 42.0 Å². The summed E-state index contributed by atoms with van der Waals surface area (Å²) in [5.41, 5.74) is 3.11. The first-order chi connectivity index (χ1) is 64.3. The Morgan fingerprint density at radius 3 is 0.811 bits per heavy atom. The van der Waals surface area contributed by atoms with Crippen LogP contribution in [0.25, 0.3) is 11.1 Å². The van der Waals surface area contributed by atoms with Gasteiger partial charge in [-0.15, -0.1) is 0 Å². The molecule has 0 radical (unpaired) electrons. The molecule has 41 heteroatoms. The summed E-state index contributed by atoms with van der Waals surface area (Å²) in [5, 5.41) is 26.3. The van der Waals surface area contributed by atoms with Gasteiger partial charge in [0, 0.05) is 44.9 Å². The minimum absolute atomic E-state index is 0.0191. The molecule has 0 spiro atoms. The summed E-state index contributed by atoms with van der Waals surface area (Å²) in [5.74, 6) is -2.43. The molecule has 6 amide bonds. The van der Waals surface area contributed by atoms with Crippen molar-refractivity contribution < 1.29 is 167 Å². The monoisotopic (exact) mass is 1900 g/mol. The summed E-state index contributed by atoms with van der Waals surface area (Å²) in [6, 6.07) is 13.7. The minimum Gasteiger partial charge on any atom is -0.480 e. The third-order valence-corrected chi connectivity index (χ3v) is 18.0. The van der Waals surface area contributed by atoms with Gasteiger partial charge in [0.25, 0.3) is 0 Å². The molecule has 762 valence electrons. The zero-order valence-corrected chi connectivity index (χ0v) is 79.3. The molecule has 0 aromatic heterocycles. The SMILES string of the molecule is CC(C)(C)OC(=O)NCCOCCOCCOCCOCCOCCOCCOCCOCCOCCOCCOCCOCCC(=O)NCCCC[C@H](NC(=O)CCOCCOCCOCCOCCOCCOCCOCCOCCOCCOCCOCCOCCNC(=O)OC(C)(C)C)C(=O)NCCCC[C@H](NC(=O)OCC1c2ccccc2-c2ccccc21)C(=O)O. The quantitative estimate of drug-likeness (QED) is 0.0328. The molecular weight excluding hydrogens is 1740 g/mol. The predicted molar refractivity (Wildman–Crippen MR) is 483 cm³/mol. The first-order valence-corrected chi connectivity index (χ1v) is 46.3. The molecule has 132 heavy (non-hydrogen) atoms. The van der Waals surface area contributed by atoms with E-state index >= 15 is 0 Å². The summed E-state index contributed by atoms with van der Waals surface area (Å²) in [4.78, 5) is 87.8. The number of rotatable bonds is 94. The first-order valence-electron chi connectivity index (χ1n) is 46.3. The van der Waals surface area contributed by atoms with Crippen molar-refractivity contribution in [2.24, 2.45) is 0 Å². The molecule has 1 aliphatic carbocycles. The number of unbranched alkanes of at least 4 members (excludes halogenated alkanes) is 2. The van der Waals surface area contributed by atoms with Gasteiger partial charge in [0.05, 0.1) is 317 Å². The van der Waals surface area contributed by atoms with E-state index in [0.29, 0.717) is 336 Å². The Morgan fingerprint density at radius 1 is 0.280 bits per heavy atom. The fourth-order valence-corrected chi connectivity index (χ4v) is 11.6. The van der Waals surface area contributed by atoms with E-state index in [2.05, 4.69) is 31.9 Å². The van der Waals surface area contributed by atoms with Gasteiger partial charge >= 0.3 is 24.2 Å². The zero-order chi connectivity index (χ0) is 95.2. The number of hydrogen-bond donors (Lipinski definition) is 7. The third kappa shape index (κ3) is 73.5. The fraction of sp³-hybridized carbons (Fsp3) is 0.791. The molecule has 7 N–H and O–H groups in total. The topological polar surface area (TPSA) is 461 Å². The molecule has 1 aliphatic rings. The van der Waals surface area contributed by atoms with Gasteiger partial charge in [-0.25, -0.2) is 19.2 Å². The fourth-order valence-electron chi connectivity index (χ4n) is 11.6. The highest BCUT2D eigenvalue weighted by molar-refractivity contribution is 5.87. The number of benzene rings is 2. The van der Waals surface area contributed by atoms with Crippen LogP contribution in [0.3, 0.4) is 0 Å². The molecule has 0 fully saturated rings. The van der Waals surface area contributed by atoms with Crippen molar-refractivity contribution in [3.05, 3.63) is 59.7 Å². The summed E-state index contributed by atoms with van der Waals surface area (Å²) >= 11 is 0. The van der Waals surface area contributed by atoms with Crippen LogP contribution in [0.2, 0.25) is 0 Å². The molecule has 41 nitrogen and oxygen atoms in total. The molecule has 3 rings (SSSR count). The summed E-state index contributed by atoms with van der Waals surface area (Å²) < 4.78 is 149. The third-order valence-electron chi connectivity index (χ3n) is 18.0. The summed E-state index contributed by atoms with van der Waals surface area (Å²) in [6.07, 6.45) is 0.425. The molecule has 0 unspecified atom stereocenters. The molecule has 2 aromatic rings. The molecule has 2 aromatic carbocycles. The van der Waals surface area contributed by atoms with Gasteiger partial charge in [0.1, 0.15) is 29.9 Å². The highest BCUT2D eigenvalue weighted by Crippen LogP contribution is 2.44. The van der Waals surface area contributed by atoms with Crippen LogP contribution in [0.15, 0.2) is 48.5 Å². The molecule has 2 atom stereocenters. The van der Waals surface area contributed by atoms with Crippen LogP contribution in [0.1, 0.15) is 110 Å². The van der Waals surface area contributed by atoms with Crippen LogP contribution in [0.5, 0.6) is 0 Å². The lowest BCUT2D eigenvalue weighted by Crippen LogP contribution is -2.47. The lowest BCUT2D eigenvalue weighted by atomic mass is 9.98. The zero-order valence-electron chi connectivity index (χ0n) is 79.3. The van der Waals surface area contributed by atoms with Crippen molar-refractivity contribution in [2.45, 2.75) is 122 Å². The second-order valence-corrected chi connectivity index (χ2v) is 31.2. The molecule has 0 aliphatic heterocycles. The van der Waals surface area contributed by atoms with Crippen LogP contribution in [0, 0.1) is 0 Å². The maximum Gasteiger partial charge on any atom is 0.407 e. The lowest BCUT2D eigenvalue weighted by molar-refractivity contribution is -0.139. The van der Waals surface area contributed by atoms with E-state index in [1.807, 2.05) is 48.5 Å². The number of fused-ring (bicyclic) bond motifs is 3. The molecule has 0 heterocycles. The standard InChI is InChI=1S/C91H158N6O35/c1-90(2,3)131-87(103)94-25-29-108-33-37-112-41-45-116-49-53-120-57-61-124-65-69-128-73-71-126-67-63-122-59-55-118-51-47-114-43-39-110-35-31-106-27-21-83(98)92-23-13-11-19-81(85(100)93-24-14-12-20-82(86(101)102)97-89(105)130-75-80-78-17-9-7-15-76(78)77-16-8-10-18-79(77)80)96-84(99)22-28-107-32-36-111-40-44-115-48-52-119-56-60-123-64-68-127-72-74-129-70-66-125-62-58-121-54-50-117-46-42-113-38-34-109-30-26-95-88(104)132-91(4,5)6/h7-10,15-18,80-82H,11-14,19-75H2,1-6H3,(H,92,98)(H,93,100)(H,94,103)(H,95,104)(H,96,99)(H,97,105)(H,101,102)/t81-,82-/m0/s1. The van der Waals surface area contributed by atoms with Crippen molar-refractivity contribution in [3.8, 4) is 11.1 Å². The Bertz CT molecular complexity index is 3080. The summed E-state index contributed by atoms with van der Waals surface area (Å²) in [7, 11) is 0. The lowest BCUT2D eigenvalue weighted by Gasteiger charge is -2.19. The maximum atomic E-state index is 13.6. The van der Waals surface area contributed by atoms with Crippen molar-refractivity contribution in [1.29, 1.82) is 0 Å². The van der Waals surface area contributed by atoms with Crippen LogP contribution in [-0.2, 0) is 147 Å². The highest BCUT2D eigenvalue weighted by Gasteiger charge is 2.31. The average molecular weight is 1900 g/mol. The number of aliphatic carboxylic acids is 1. The number of hydrogen-bond acceptors (Lipinski definition) is 34. The van der Waals surface area contributed by atoms with Gasteiger partial charge in [-0.1, -0.05) is 48.5 Å². The van der Waals surface area contributed by atoms with Gasteiger partial charge < -0.3 is 165 Å². The Labute approximate surface area is 780 Å². The number of amides is 6. The summed E-state index contributed by atoms with van der Waals surface area (Å²) in [6.45, 7) is 31.2. The predicted octanol–water partition coefficient (Wildman–Crippen LogP) is 5.26. The van der Waals surface area contributed by atoms with Crippen molar-refractivity contribution in [3.63, 3.8) is 0 Å². The smallest absolute Gasteiger partial charge is 0.407 e. The highest BCUT2D eigenvalue weighted by atomic mass is 16.6. The van der Waals surface area contributed by atoms with Crippen molar-refractivity contribution in [1.82, 2.24) is 31.9 Å². The van der Waals surface area contributed by atoms with E-state index < -0.39 is 59.3 Å². The van der Waals surface area contributed by atoms with E-state index in [1.54, 1.807) is 41.5 Å². The van der Waals surface area contributed by atoms with Crippen LogP contribution in [-0.4, -0.2) is 420 Å². The Kier molecular flexibility index (Phi) is 76.5. The molecular formula is C91H158N6O35. The second-order valence-electron chi connectivity index (χ2n) is 31.2. The minimum atomic E-state index is -1.23. The van der Waals surface area contributed by atoms with Crippen LogP contribution in [0.4, 0.5) is 14.4 Å². The molecule has 0 saturated carbocycles. The second kappa shape index (κ2) is 84.7. The van der Waals surface area contributed by atoms with E-state index in [0.717, 1.165) is 22.3 Å². The molecule has 0 saturated heterocycles. The van der Waals surface area contributed by atoms with Gasteiger partial charge in [0.15, 0.2) is 0 Å². The average Bonchev–Trinajstić information content (AvgIpc) is 1.62. The van der Waals surface area contributed by atoms with E-state index in [1.165, 1.54) is 0 Å². The number of nitrogens with one attached hydrogen (secondary N) is 6. The number of carbonyl (C=O) groups is 7. The van der Waals surface area contributed by atoms with Gasteiger partial charge in [-0.2, -0.15) is 0 Å². The van der Waals surface area contributed by atoms with Crippen molar-refractivity contribution in [2.75, 3.05) is 350 Å². The largest absolute Gasteiger partial charge is 0.480 e. The number of ether oxygens (including phenoxy) is 27. The number of carboxylic acids is 1.